The highest BCUT2D eigenvalue weighted by atomic mass is 16.6. The second-order valence-corrected chi connectivity index (χ2v) is 12.3. The van der Waals surface area contributed by atoms with Crippen LogP contribution in [0.25, 0.3) is 0 Å². The van der Waals surface area contributed by atoms with Gasteiger partial charge < -0.3 is 24.4 Å². The van der Waals surface area contributed by atoms with Gasteiger partial charge in [0.1, 0.15) is 12.1 Å². The predicted octanol–water partition coefficient (Wildman–Crippen LogP) is 4.87. The molecule has 2 amide bonds. The van der Waals surface area contributed by atoms with Crippen LogP contribution < -0.4 is 5.32 Å². The van der Waals surface area contributed by atoms with Gasteiger partial charge in [0, 0.05) is 19.4 Å². The monoisotopic (exact) mass is 580 g/mol. The molecule has 0 unspecified atom stereocenters. The van der Waals surface area contributed by atoms with Crippen LogP contribution in [0.5, 0.6) is 0 Å². The van der Waals surface area contributed by atoms with E-state index in [9.17, 15) is 19.2 Å². The topological polar surface area (TPSA) is 111 Å². The summed E-state index contributed by atoms with van der Waals surface area (Å²) in [5.74, 6) is -0.890. The first-order valence-electron chi connectivity index (χ1n) is 15.6. The molecular weight excluding hydrogens is 536 g/mol. The Kier molecular flexibility index (Phi) is 9.98. The van der Waals surface area contributed by atoms with E-state index < -0.39 is 23.6 Å². The van der Waals surface area contributed by atoms with Gasteiger partial charge in [-0.2, -0.15) is 0 Å². The minimum atomic E-state index is -0.886. The van der Waals surface area contributed by atoms with E-state index in [4.69, 9.17) is 14.2 Å². The first-order chi connectivity index (χ1) is 20.4. The van der Waals surface area contributed by atoms with Gasteiger partial charge in [0.15, 0.2) is 5.78 Å². The molecule has 0 aromatic heterocycles. The first kappa shape index (κ1) is 30.3. The molecule has 0 radical (unpaired) electrons. The third-order valence-corrected chi connectivity index (χ3v) is 9.36. The van der Waals surface area contributed by atoms with Gasteiger partial charge in [0.05, 0.1) is 31.3 Å². The Morgan fingerprint density at radius 1 is 1.00 bits per heavy atom. The van der Waals surface area contributed by atoms with Crippen molar-refractivity contribution in [1.29, 1.82) is 0 Å². The number of nitrogens with zero attached hydrogens (tertiary/aromatic N) is 1. The maximum absolute atomic E-state index is 14.1. The number of Topliss-reactive ketones (excluding diaryl/α,β-unsaturated/α-hetero) is 1. The van der Waals surface area contributed by atoms with Gasteiger partial charge in [0.25, 0.3) is 0 Å². The molecule has 9 heteroatoms. The van der Waals surface area contributed by atoms with Crippen molar-refractivity contribution in [3.63, 3.8) is 0 Å². The summed E-state index contributed by atoms with van der Waals surface area (Å²) in [5, 5.41) is 2.85. The number of ether oxygens (including phenoxy) is 3. The minimum Gasteiger partial charge on any atom is -0.469 e. The maximum Gasteiger partial charge on any atom is 0.408 e. The Bertz CT molecular complexity index is 1150. The lowest BCUT2D eigenvalue weighted by Crippen LogP contribution is -2.52. The van der Waals surface area contributed by atoms with E-state index in [1.165, 1.54) is 7.11 Å². The Labute approximate surface area is 248 Å². The van der Waals surface area contributed by atoms with Gasteiger partial charge >= 0.3 is 12.1 Å². The molecule has 1 N–H and O–H groups in total. The fraction of sp³-hybridized carbons (Fsp3) is 0.636. The summed E-state index contributed by atoms with van der Waals surface area (Å²) in [4.78, 5) is 55.4. The molecule has 5 rings (SSSR count). The standard InChI is InChI=1S/C33H44N2O7/c1-40-31(38)33-19-24(33)14-8-3-2-4-9-17-27(34-32(39)42-25-15-10-11-16-25)30(37)35-21-26(18-28(35)29(36)20-33)41-22-23-12-6-5-7-13-23/h5-8,12-14,24-28H,2-4,9-11,15-22H2,1H3,(H,34,39)/b14-8-/t24-,26+,27-,28-,33+/m0/s1. The normalized spacial score (nSPS) is 31.3. The number of hydrogen-bond donors (Lipinski definition) is 1. The van der Waals surface area contributed by atoms with E-state index in [-0.39, 0.29) is 48.8 Å². The lowest BCUT2D eigenvalue weighted by atomic mass is 9.92. The summed E-state index contributed by atoms with van der Waals surface area (Å²) in [6.07, 6.45) is 11.7. The molecule has 1 aromatic carbocycles. The van der Waals surface area contributed by atoms with Crippen LogP contribution in [0, 0.1) is 11.3 Å². The molecule has 0 spiro atoms. The Morgan fingerprint density at radius 2 is 1.76 bits per heavy atom. The third kappa shape index (κ3) is 7.22. The van der Waals surface area contributed by atoms with Crippen molar-refractivity contribution >= 4 is 23.8 Å². The molecule has 228 valence electrons. The maximum atomic E-state index is 14.1. The van der Waals surface area contributed by atoms with Gasteiger partial charge in [-0.25, -0.2) is 4.79 Å². The van der Waals surface area contributed by atoms with Crippen LogP contribution in [0.1, 0.15) is 82.6 Å². The summed E-state index contributed by atoms with van der Waals surface area (Å²) in [6.45, 7) is 0.606. The lowest BCUT2D eigenvalue weighted by molar-refractivity contribution is -0.150. The molecule has 2 aliphatic carbocycles. The highest BCUT2D eigenvalue weighted by Gasteiger charge is 2.61. The van der Waals surface area contributed by atoms with Crippen molar-refractivity contribution in [1.82, 2.24) is 10.2 Å². The van der Waals surface area contributed by atoms with Crippen molar-refractivity contribution in [3.05, 3.63) is 48.0 Å². The van der Waals surface area contributed by atoms with Crippen molar-refractivity contribution in [2.45, 2.75) is 108 Å². The number of nitrogens with one attached hydrogen (secondary N) is 1. The number of methoxy groups -OCH3 is 1. The van der Waals surface area contributed by atoms with Crippen LogP contribution in [0.2, 0.25) is 0 Å². The lowest BCUT2D eigenvalue weighted by Gasteiger charge is -2.29. The number of esters is 1. The van der Waals surface area contributed by atoms with E-state index in [1.807, 2.05) is 30.3 Å². The third-order valence-electron chi connectivity index (χ3n) is 9.36. The van der Waals surface area contributed by atoms with Gasteiger partial charge in [-0.15, -0.1) is 0 Å². The Morgan fingerprint density at radius 3 is 2.52 bits per heavy atom. The molecule has 3 fully saturated rings. The van der Waals surface area contributed by atoms with Gasteiger partial charge in [0.2, 0.25) is 5.91 Å². The molecule has 1 saturated heterocycles. The summed E-state index contributed by atoms with van der Waals surface area (Å²) < 4.78 is 17.0. The SMILES string of the molecule is COC(=O)[C@]12CC(=O)[C@@H]3C[C@@H](OCc4ccccc4)CN3C(=O)[C@@H](NC(=O)OC3CCCC3)CCCCC/C=C\[C@H]1C2. The Balaban J connectivity index is 1.36. The van der Waals surface area contributed by atoms with Crippen LogP contribution in [0.15, 0.2) is 42.5 Å². The van der Waals surface area contributed by atoms with Crippen LogP contribution in [-0.2, 0) is 35.2 Å². The predicted molar refractivity (Wildman–Crippen MR) is 155 cm³/mol. The van der Waals surface area contributed by atoms with Crippen LogP contribution >= 0.6 is 0 Å². The van der Waals surface area contributed by atoms with E-state index in [0.717, 1.165) is 56.9 Å². The van der Waals surface area contributed by atoms with Crippen molar-refractivity contribution in [3.8, 4) is 0 Å². The van der Waals surface area contributed by atoms with Crippen molar-refractivity contribution in [2.75, 3.05) is 13.7 Å². The van der Waals surface area contributed by atoms with Crippen molar-refractivity contribution < 1.29 is 33.4 Å². The Hall–Kier alpha value is -3.20. The summed E-state index contributed by atoms with van der Waals surface area (Å²) >= 11 is 0. The highest BCUT2D eigenvalue weighted by molar-refractivity contribution is 5.96. The number of allylic oxidation sites excluding steroid dienone is 2. The summed E-state index contributed by atoms with van der Waals surface area (Å²) in [7, 11) is 1.36. The molecule has 2 heterocycles. The molecule has 9 nitrogen and oxygen atoms in total. The molecule has 2 aliphatic heterocycles. The number of ketones is 1. The number of hydrogen-bond acceptors (Lipinski definition) is 7. The number of fused-ring (bicyclic) bond motifs is 2. The van der Waals surface area contributed by atoms with E-state index in [0.29, 0.717) is 25.9 Å². The smallest absolute Gasteiger partial charge is 0.408 e. The number of carbonyl (C=O) groups excluding carboxylic acids is 4. The van der Waals surface area contributed by atoms with Crippen LogP contribution in [0.4, 0.5) is 4.79 Å². The first-order valence-corrected chi connectivity index (χ1v) is 15.6. The molecule has 2 saturated carbocycles. The largest absolute Gasteiger partial charge is 0.469 e. The van der Waals surface area contributed by atoms with E-state index in [2.05, 4.69) is 17.5 Å². The molecule has 4 aliphatic rings. The number of alkyl carbamates (subject to hydrolysis) is 1. The van der Waals surface area contributed by atoms with Gasteiger partial charge in [-0.05, 0) is 62.8 Å². The molecule has 0 bridgehead atoms. The average Bonchev–Trinajstić information content (AvgIpc) is 3.30. The van der Waals surface area contributed by atoms with Crippen LogP contribution in [0.3, 0.4) is 0 Å². The zero-order chi connectivity index (χ0) is 29.5. The van der Waals surface area contributed by atoms with Gasteiger partial charge in [-0.1, -0.05) is 55.3 Å². The second kappa shape index (κ2) is 13.8. The van der Waals surface area contributed by atoms with Crippen LogP contribution in [-0.4, -0.2) is 66.6 Å². The highest BCUT2D eigenvalue weighted by Crippen LogP contribution is 2.57. The van der Waals surface area contributed by atoms with Gasteiger partial charge in [-0.3, -0.25) is 14.4 Å². The fourth-order valence-electron chi connectivity index (χ4n) is 6.82. The van der Waals surface area contributed by atoms with E-state index >= 15 is 0 Å². The summed E-state index contributed by atoms with van der Waals surface area (Å²) in [6, 6.07) is 8.23. The summed E-state index contributed by atoms with van der Waals surface area (Å²) in [5.41, 5.74) is 0.120. The number of amides is 2. The number of carbonyl (C=O) groups is 4. The molecule has 5 atom stereocenters. The molecular formula is C33H44N2O7. The molecule has 42 heavy (non-hydrogen) atoms. The zero-order valence-corrected chi connectivity index (χ0v) is 24.6. The second-order valence-electron chi connectivity index (χ2n) is 12.3. The quantitative estimate of drug-likeness (QED) is 0.378. The van der Waals surface area contributed by atoms with Crippen molar-refractivity contribution in [2.24, 2.45) is 11.3 Å². The minimum absolute atomic E-state index is 0.0103. The number of benzene rings is 1. The number of rotatable bonds is 6. The van der Waals surface area contributed by atoms with E-state index in [1.54, 1.807) is 4.90 Å². The zero-order valence-electron chi connectivity index (χ0n) is 24.6. The fourth-order valence-corrected chi connectivity index (χ4v) is 6.82. The average molecular weight is 581 g/mol. The molecule has 1 aromatic rings.